The highest BCUT2D eigenvalue weighted by Crippen LogP contribution is 2.38. The summed E-state index contributed by atoms with van der Waals surface area (Å²) in [6, 6.07) is 6.40. The summed E-state index contributed by atoms with van der Waals surface area (Å²) in [7, 11) is 0. The van der Waals surface area contributed by atoms with Gasteiger partial charge in [0.05, 0.1) is 11.9 Å². The molecule has 2 heterocycles. The van der Waals surface area contributed by atoms with Gasteiger partial charge in [-0.3, -0.25) is 19.7 Å². The number of aryl methyl sites for hydroxylation is 2. The normalized spacial score (nSPS) is 21.5. The Kier molecular flexibility index (Phi) is 4.13. The summed E-state index contributed by atoms with van der Waals surface area (Å²) in [5, 5.41) is 0. The fourth-order valence-electron chi connectivity index (χ4n) is 3.53. The third-order valence-corrected chi connectivity index (χ3v) is 4.76. The summed E-state index contributed by atoms with van der Waals surface area (Å²) in [6.07, 6.45) is 6.50. The molecular weight excluding hydrogens is 288 g/mol. The Morgan fingerprint density at radius 1 is 1.35 bits per heavy atom. The summed E-state index contributed by atoms with van der Waals surface area (Å²) in [5.74, 6) is -0.347. The molecule has 1 aliphatic heterocycles. The van der Waals surface area contributed by atoms with Crippen molar-refractivity contribution in [2.75, 3.05) is 6.54 Å². The van der Waals surface area contributed by atoms with Gasteiger partial charge in [-0.25, -0.2) is 0 Å². The topological polar surface area (TPSA) is 72.1 Å². The van der Waals surface area contributed by atoms with Gasteiger partial charge in [0.15, 0.2) is 0 Å². The number of amides is 1. The van der Waals surface area contributed by atoms with Crippen LogP contribution in [0.1, 0.15) is 35.2 Å². The van der Waals surface area contributed by atoms with Crippen molar-refractivity contribution >= 4 is 5.91 Å². The summed E-state index contributed by atoms with van der Waals surface area (Å²) < 4.78 is 0. The van der Waals surface area contributed by atoms with E-state index in [0.717, 1.165) is 13.0 Å². The lowest BCUT2D eigenvalue weighted by Crippen LogP contribution is -2.51. The van der Waals surface area contributed by atoms with Crippen LogP contribution in [0.3, 0.4) is 0 Å². The maximum absolute atomic E-state index is 12.4. The van der Waals surface area contributed by atoms with E-state index in [-0.39, 0.29) is 5.91 Å². The van der Waals surface area contributed by atoms with Gasteiger partial charge in [0.1, 0.15) is 5.54 Å². The molecule has 23 heavy (non-hydrogen) atoms. The monoisotopic (exact) mass is 310 g/mol. The van der Waals surface area contributed by atoms with Crippen LogP contribution in [-0.4, -0.2) is 27.3 Å². The first-order valence-electron chi connectivity index (χ1n) is 7.91. The predicted molar refractivity (Wildman–Crippen MR) is 88.5 cm³/mol. The summed E-state index contributed by atoms with van der Waals surface area (Å²) in [6.45, 7) is 5.70. The van der Waals surface area contributed by atoms with Crippen LogP contribution in [-0.2, 0) is 16.9 Å². The summed E-state index contributed by atoms with van der Waals surface area (Å²) >= 11 is 0. The van der Waals surface area contributed by atoms with Crippen molar-refractivity contribution in [3.8, 4) is 0 Å². The van der Waals surface area contributed by atoms with Crippen molar-refractivity contribution in [1.29, 1.82) is 0 Å². The van der Waals surface area contributed by atoms with Gasteiger partial charge in [-0.2, -0.15) is 0 Å². The molecule has 0 spiro atoms. The molecule has 0 bridgehead atoms. The maximum Gasteiger partial charge on any atom is 0.244 e. The van der Waals surface area contributed by atoms with E-state index in [1.54, 1.807) is 18.6 Å². The Hall–Kier alpha value is -2.27. The second-order valence-corrected chi connectivity index (χ2v) is 6.27. The molecule has 2 N–H and O–H groups in total. The van der Waals surface area contributed by atoms with Crippen LogP contribution in [0, 0.1) is 13.8 Å². The van der Waals surface area contributed by atoms with E-state index in [1.165, 1.54) is 16.7 Å². The Balaban J connectivity index is 1.98. The van der Waals surface area contributed by atoms with E-state index in [4.69, 9.17) is 5.73 Å². The SMILES string of the molecule is Cc1ccc(CN2CCC[C@@]2(C(N)=O)c2cnccn2)c(C)c1. The van der Waals surface area contributed by atoms with Gasteiger partial charge in [-0.1, -0.05) is 23.8 Å². The van der Waals surface area contributed by atoms with E-state index in [1.807, 2.05) is 0 Å². The highest BCUT2D eigenvalue weighted by Gasteiger charge is 2.49. The van der Waals surface area contributed by atoms with Crippen molar-refractivity contribution in [3.05, 3.63) is 59.2 Å². The van der Waals surface area contributed by atoms with Crippen LogP contribution >= 0.6 is 0 Å². The molecule has 1 aliphatic rings. The number of nitrogens with zero attached hydrogens (tertiary/aromatic N) is 3. The Bertz CT molecular complexity index is 716. The minimum Gasteiger partial charge on any atom is -0.368 e. The molecule has 3 rings (SSSR count). The van der Waals surface area contributed by atoms with E-state index >= 15 is 0 Å². The molecular formula is C18H22N4O. The zero-order chi connectivity index (χ0) is 16.4. The highest BCUT2D eigenvalue weighted by atomic mass is 16.1. The average Bonchev–Trinajstić information content (AvgIpc) is 2.95. The second kappa shape index (κ2) is 6.08. The molecule has 1 amide bonds. The molecule has 0 saturated carbocycles. The number of aromatic nitrogens is 2. The number of carbonyl (C=O) groups excluding carboxylic acids is 1. The molecule has 5 nitrogen and oxygen atoms in total. The smallest absolute Gasteiger partial charge is 0.244 e. The molecule has 1 fully saturated rings. The molecule has 120 valence electrons. The first-order valence-corrected chi connectivity index (χ1v) is 7.91. The third-order valence-electron chi connectivity index (χ3n) is 4.76. The molecule has 2 aromatic rings. The van der Waals surface area contributed by atoms with Crippen LogP contribution in [0.2, 0.25) is 0 Å². The molecule has 0 unspecified atom stereocenters. The van der Waals surface area contributed by atoms with Crippen LogP contribution in [0.15, 0.2) is 36.8 Å². The van der Waals surface area contributed by atoms with E-state index < -0.39 is 5.54 Å². The number of nitrogens with two attached hydrogens (primary N) is 1. The van der Waals surface area contributed by atoms with Crippen molar-refractivity contribution < 1.29 is 4.79 Å². The largest absolute Gasteiger partial charge is 0.368 e. The van der Waals surface area contributed by atoms with Gasteiger partial charge >= 0.3 is 0 Å². The summed E-state index contributed by atoms with van der Waals surface area (Å²) in [5.41, 5.74) is 9.30. The second-order valence-electron chi connectivity index (χ2n) is 6.27. The van der Waals surface area contributed by atoms with Gasteiger partial charge in [0, 0.05) is 18.9 Å². The maximum atomic E-state index is 12.4. The average molecular weight is 310 g/mol. The molecule has 0 aliphatic carbocycles. The van der Waals surface area contributed by atoms with Gasteiger partial charge in [0.25, 0.3) is 0 Å². The van der Waals surface area contributed by atoms with Crippen molar-refractivity contribution in [1.82, 2.24) is 14.9 Å². The van der Waals surface area contributed by atoms with Gasteiger partial charge in [-0.15, -0.1) is 0 Å². The van der Waals surface area contributed by atoms with Crippen LogP contribution < -0.4 is 5.73 Å². The Labute approximate surface area is 136 Å². The Morgan fingerprint density at radius 3 is 2.83 bits per heavy atom. The molecule has 0 radical (unpaired) electrons. The van der Waals surface area contributed by atoms with Gasteiger partial charge < -0.3 is 5.73 Å². The van der Waals surface area contributed by atoms with Crippen molar-refractivity contribution in [3.63, 3.8) is 0 Å². The number of primary amides is 1. The van der Waals surface area contributed by atoms with Crippen molar-refractivity contribution in [2.45, 2.75) is 38.8 Å². The molecule has 1 aromatic carbocycles. The first kappa shape index (κ1) is 15.6. The zero-order valence-corrected chi connectivity index (χ0v) is 13.6. The predicted octanol–water partition coefficient (Wildman–Crippen LogP) is 2.07. The Morgan fingerprint density at radius 2 is 2.17 bits per heavy atom. The lowest BCUT2D eigenvalue weighted by molar-refractivity contribution is -0.129. The lowest BCUT2D eigenvalue weighted by Gasteiger charge is -2.35. The molecule has 5 heteroatoms. The van der Waals surface area contributed by atoms with E-state index in [9.17, 15) is 4.79 Å². The van der Waals surface area contributed by atoms with Crippen molar-refractivity contribution in [2.24, 2.45) is 5.73 Å². The number of hydrogen-bond donors (Lipinski definition) is 1. The first-order chi connectivity index (χ1) is 11.0. The standard InChI is InChI=1S/C18H22N4O/c1-13-4-5-15(14(2)10-13)12-22-9-3-6-18(22,17(19)23)16-11-20-7-8-21-16/h4-5,7-8,10-11H,3,6,9,12H2,1-2H3,(H2,19,23)/t18-/m0/s1. The molecule has 1 saturated heterocycles. The number of benzene rings is 1. The van der Waals surface area contributed by atoms with Crippen LogP contribution in [0.5, 0.6) is 0 Å². The fourth-order valence-corrected chi connectivity index (χ4v) is 3.53. The number of rotatable bonds is 4. The molecule has 1 aromatic heterocycles. The number of likely N-dealkylation sites (tertiary alicyclic amines) is 1. The summed E-state index contributed by atoms with van der Waals surface area (Å²) in [4.78, 5) is 23.0. The minimum atomic E-state index is -0.856. The third kappa shape index (κ3) is 2.72. The zero-order valence-electron chi connectivity index (χ0n) is 13.6. The van der Waals surface area contributed by atoms with Crippen LogP contribution in [0.25, 0.3) is 0 Å². The lowest BCUT2D eigenvalue weighted by atomic mass is 9.90. The van der Waals surface area contributed by atoms with E-state index in [2.05, 4.69) is 46.9 Å². The number of hydrogen-bond acceptors (Lipinski definition) is 4. The van der Waals surface area contributed by atoms with Crippen LogP contribution in [0.4, 0.5) is 0 Å². The number of carbonyl (C=O) groups is 1. The fraction of sp³-hybridized carbons (Fsp3) is 0.389. The van der Waals surface area contributed by atoms with Gasteiger partial charge in [-0.05, 0) is 44.4 Å². The quantitative estimate of drug-likeness (QED) is 0.938. The minimum absolute atomic E-state index is 0.347. The highest BCUT2D eigenvalue weighted by molar-refractivity contribution is 5.86. The van der Waals surface area contributed by atoms with Gasteiger partial charge in [0.2, 0.25) is 5.91 Å². The molecule has 1 atom stereocenters. The van der Waals surface area contributed by atoms with E-state index in [0.29, 0.717) is 18.7 Å².